The zero-order valence-corrected chi connectivity index (χ0v) is 23.2. The molecule has 0 saturated carbocycles. The van der Waals surface area contributed by atoms with Gasteiger partial charge in [0.2, 0.25) is 0 Å². The van der Waals surface area contributed by atoms with Crippen molar-refractivity contribution in [2.75, 3.05) is 0 Å². The fourth-order valence-electron chi connectivity index (χ4n) is 5.97. The number of benzene rings is 4. The molecule has 4 heteroatoms. The molecular weight excluding hydrogens is 559 g/mol. The molecule has 4 aromatic carbocycles. The lowest BCUT2D eigenvalue weighted by molar-refractivity contribution is 0.413. The molecule has 0 radical (unpaired) electrons. The summed E-state index contributed by atoms with van der Waals surface area (Å²) in [5.74, 6) is 0. The molecule has 3 heterocycles. The van der Waals surface area contributed by atoms with Crippen LogP contribution in [0, 0.1) is 12.3 Å². The lowest BCUT2D eigenvalue weighted by Gasteiger charge is -2.23. The molecule has 0 aliphatic carbocycles. The Labute approximate surface area is 220 Å². The molecule has 7 aromatic rings. The summed E-state index contributed by atoms with van der Waals surface area (Å²) in [4.78, 5) is 6.30. The zero-order chi connectivity index (χ0) is 24.1. The van der Waals surface area contributed by atoms with Crippen LogP contribution in [0.1, 0.15) is 31.9 Å². The summed E-state index contributed by atoms with van der Waals surface area (Å²) in [6.45, 7) is 9.21. The summed E-state index contributed by atoms with van der Waals surface area (Å²) in [6, 6.07) is 22.9. The molecule has 0 bridgehead atoms. The van der Waals surface area contributed by atoms with E-state index in [1.54, 1.807) is 8.93 Å². The standard InChI is InChI=1S/C31H25IN2S/c1-17-5-8-21-19(13-17)14-24-28-27-18(11-12-33-28)6-9-22-23-15-20(35-32)7-10-26(23)34(30(22)27)29(24)25(21)16-31(2,3)4/h5-15H,16H2,1-4H3. The van der Waals surface area contributed by atoms with Crippen LogP contribution in [0.4, 0.5) is 0 Å². The highest BCUT2D eigenvalue weighted by Crippen LogP contribution is 2.44. The highest BCUT2D eigenvalue weighted by molar-refractivity contribution is 14.2. The summed E-state index contributed by atoms with van der Waals surface area (Å²) in [5.41, 5.74) is 7.86. The zero-order valence-electron chi connectivity index (χ0n) is 20.2. The number of nitrogens with zero attached hydrogens (tertiary/aromatic N) is 2. The van der Waals surface area contributed by atoms with Crippen LogP contribution in [0.25, 0.3) is 59.8 Å². The van der Waals surface area contributed by atoms with E-state index in [2.05, 4.69) is 114 Å². The molecule has 2 nitrogen and oxygen atoms in total. The smallest absolute Gasteiger partial charge is 0.0823 e. The van der Waals surface area contributed by atoms with E-state index in [1.165, 1.54) is 70.3 Å². The second-order valence-corrected chi connectivity index (χ2v) is 13.0. The van der Waals surface area contributed by atoms with Gasteiger partial charge in [0.1, 0.15) is 0 Å². The van der Waals surface area contributed by atoms with E-state index in [1.807, 2.05) is 6.20 Å². The molecule has 3 aromatic heterocycles. The first kappa shape index (κ1) is 21.7. The second-order valence-electron chi connectivity index (χ2n) is 11.0. The Hall–Kier alpha value is -2.57. The number of fused-ring (bicyclic) bond motifs is 7. The van der Waals surface area contributed by atoms with Crippen LogP contribution in [0.2, 0.25) is 0 Å². The lowest BCUT2D eigenvalue weighted by atomic mass is 9.84. The monoisotopic (exact) mass is 584 g/mol. The fraction of sp³-hybridized carbons (Fsp3) is 0.194. The lowest BCUT2D eigenvalue weighted by Crippen LogP contribution is -2.11. The number of pyridine rings is 2. The number of hydrogen-bond acceptors (Lipinski definition) is 2. The molecule has 0 aliphatic rings. The van der Waals surface area contributed by atoms with Crippen LogP contribution in [-0.2, 0) is 6.42 Å². The quantitative estimate of drug-likeness (QED) is 0.114. The molecule has 0 N–H and O–H groups in total. The minimum absolute atomic E-state index is 0.149. The maximum absolute atomic E-state index is 5.01. The Morgan fingerprint density at radius 2 is 1.66 bits per heavy atom. The topological polar surface area (TPSA) is 17.3 Å². The van der Waals surface area contributed by atoms with Gasteiger partial charge in [0.05, 0.1) is 22.1 Å². The average molecular weight is 585 g/mol. The third-order valence-corrected chi connectivity index (χ3v) is 9.23. The van der Waals surface area contributed by atoms with E-state index in [4.69, 9.17) is 4.98 Å². The Kier molecular flexibility index (Phi) is 4.63. The van der Waals surface area contributed by atoms with Crippen molar-refractivity contribution in [1.82, 2.24) is 9.38 Å². The highest BCUT2D eigenvalue weighted by atomic mass is 127. The number of rotatable bonds is 2. The maximum atomic E-state index is 5.01. The minimum atomic E-state index is 0.149. The molecule has 35 heavy (non-hydrogen) atoms. The van der Waals surface area contributed by atoms with Crippen molar-refractivity contribution in [2.45, 2.75) is 39.0 Å². The molecule has 0 amide bonds. The fourth-order valence-corrected chi connectivity index (χ4v) is 7.07. The van der Waals surface area contributed by atoms with Gasteiger partial charge in [0, 0.05) is 53.8 Å². The number of aryl methyl sites for hydroxylation is 1. The number of hydrogen-bond donors (Lipinski definition) is 0. The first-order chi connectivity index (χ1) is 16.8. The van der Waals surface area contributed by atoms with E-state index in [9.17, 15) is 0 Å². The normalized spacial score (nSPS) is 12.9. The van der Waals surface area contributed by atoms with E-state index in [0.29, 0.717) is 0 Å². The molecule has 0 aliphatic heterocycles. The number of halogens is 1. The largest absolute Gasteiger partial charge is 0.308 e. The van der Waals surface area contributed by atoms with Crippen molar-refractivity contribution < 1.29 is 0 Å². The van der Waals surface area contributed by atoms with Gasteiger partial charge in [-0.1, -0.05) is 65.6 Å². The van der Waals surface area contributed by atoms with Crippen molar-refractivity contribution in [2.24, 2.45) is 5.41 Å². The average Bonchev–Trinajstić information content (AvgIpc) is 3.16. The van der Waals surface area contributed by atoms with Gasteiger partial charge < -0.3 is 4.40 Å². The molecule has 7 rings (SSSR count). The first-order valence-electron chi connectivity index (χ1n) is 12.1. The van der Waals surface area contributed by atoms with Crippen molar-refractivity contribution in [3.8, 4) is 0 Å². The van der Waals surface area contributed by atoms with Crippen LogP contribution in [0.15, 0.2) is 71.8 Å². The van der Waals surface area contributed by atoms with Gasteiger partial charge in [0.25, 0.3) is 0 Å². The van der Waals surface area contributed by atoms with E-state index < -0.39 is 0 Å². The summed E-state index contributed by atoms with van der Waals surface area (Å²) < 4.78 is 2.55. The summed E-state index contributed by atoms with van der Waals surface area (Å²) in [6.07, 6.45) is 2.97. The SMILES string of the molecule is Cc1ccc2c(CC(C)(C)C)c3c(cc2c1)c1nccc2ccc4c5cc(SI)ccc5n3c4c21. The van der Waals surface area contributed by atoms with Crippen LogP contribution >= 0.6 is 30.1 Å². The third-order valence-electron chi connectivity index (χ3n) is 7.28. The molecule has 0 unspecified atom stereocenters. The maximum Gasteiger partial charge on any atom is 0.0823 e. The molecule has 0 atom stereocenters. The van der Waals surface area contributed by atoms with Crippen molar-refractivity contribution in [3.05, 3.63) is 78.0 Å². The van der Waals surface area contributed by atoms with Crippen molar-refractivity contribution in [3.63, 3.8) is 0 Å². The van der Waals surface area contributed by atoms with Crippen molar-refractivity contribution in [1.29, 1.82) is 0 Å². The predicted octanol–water partition coefficient (Wildman–Crippen LogP) is 9.88. The van der Waals surface area contributed by atoms with Crippen LogP contribution in [0.5, 0.6) is 0 Å². The van der Waals surface area contributed by atoms with Gasteiger partial charge in [-0.05, 0) is 70.8 Å². The van der Waals surface area contributed by atoms with Gasteiger partial charge in [0.15, 0.2) is 0 Å². The Balaban J connectivity index is 1.86. The van der Waals surface area contributed by atoms with E-state index >= 15 is 0 Å². The third kappa shape index (κ3) is 3.12. The van der Waals surface area contributed by atoms with Gasteiger partial charge in [-0.15, -0.1) is 0 Å². The Morgan fingerprint density at radius 3 is 2.46 bits per heavy atom. The molecule has 172 valence electrons. The highest BCUT2D eigenvalue weighted by Gasteiger charge is 2.24. The summed E-state index contributed by atoms with van der Waals surface area (Å²) >= 11 is 2.38. The van der Waals surface area contributed by atoms with Gasteiger partial charge in [-0.2, -0.15) is 0 Å². The van der Waals surface area contributed by atoms with E-state index in [0.717, 1.165) is 11.9 Å². The summed E-state index contributed by atoms with van der Waals surface area (Å²) in [7, 11) is 1.77. The predicted molar refractivity (Wildman–Crippen MR) is 162 cm³/mol. The Morgan fingerprint density at radius 1 is 0.829 bits per heavy atom. The second kappa shape index (κ2) is 7.47. The van der Waals surface area contributed by atoms with Gasteiger partial charge >= 0.3 is 0 Å². The summed E-state index contributed by atoms with van der Waals surface area (Å²) in [5, 5.41) is 9.05. The van der Waals surface area contributed by atoms with Gasteiger partial charge in [-0.25, -0.2) is 0 Å². The molecule has 0 saturated heterocycles. The van der Waals surface area contributed by atoms with E-state index in [-0.39, 0.29) is 5.41 Å². The first-order valence-corrected chi connectivity index (χ1v) is 15.4. The van der Waals surface area contributed by atoms with Crippen molar-refractivity contribution >= 4 is 89.9 Å². The molecule has 0 spiro atoms. The van der Waals surface area contributed by atoms with Crippen LogP contribution < -0.4 is 0 Å². The number of aromatic nitrogens is 2. The van der Waals surface area contributed by atoms with Crippen LogP contribution in [-0.4, -0.2) is 9.38 Å². The van der Waals surface area contributed by atoms with Crippen LogP contribution in [0.3, 0.4) is 0 Å². The molecule has 0 fully saturated rings. The Bertz CT molecular complexity index is 1960. The van der Waals surface area contributed by atoms with Gasteiger partial charge in [-0.3, -0.25) is 4.98 Å². The molecular formula is C31H25IN2S. The minimum Gasteiger partial charge on any atom is -0.308 e.